The first kappa shape index (κ1) is 12.9. The molecule has 0 fully saturated rings. The normalized spacial score (nSPS) is 10.3. The largest absolute Gasteiger partial charge is 0.489 e. The molecule has 0 spiro atoms. The van der Waals surface area contributed by atoms with Crippen LogP contribution < -0.4 is 10.5 Å². The van der Waals surface area contributed by atoms with Crippen molar-refractivity contribution in [3.8, 4) is 5.75 Å². The van der Waals surface area contributed by atoms with Gasteiger partial charge in [-0.3, -0.25) is 0 Å². The smallest absolute Gasteiger partial charge is 0.123 e. The highest BCUT2D eigenvalue weighted by atomic mass is 35.5. The Kier molecular flexibility index (Phi) is 4.62. The van der Waals surface area contributed by atoms with Gasteiger partial charge in [0.25, 0.3) is 0 Å². The van der Waals surface area contributed by atoms with Crippen LogP contribution >= 0.6 is 11.6 Å². The summed E-state index contributed by atoms with van der Waals surface area (Å²) in [5.74, 6) is 0.892. The van der Waals surface area contributed by atoms with Crippen LogP contribution in [0.5, 0.6) is 5.75 Å². The number of rotatable bonds is 5. The van der Waals surface area contributed by atoms with Gasteiger partial charge < -0.3 is 10.5 Å². The molecule has 94 valence electrons. The predicted octanol–water partition coefficient (Wildman–Crippen LogP) is 3.42. The molecule has 0 atom stereocenters. The summed E-state index contributed by atoms with van der Waals surface area (Å²) in [6, 6.07) is 15.7. The number of benzene rings is 2. The Morgan fingerprint density at radius 3 is 2.67 bits per heavy atom. The third kappa shape index (κ3) is 3.49. The molecule has 2 rings (SSSR count). The third-order valence-electron chi connectivity index (χ3n) is 2.67. The zero-order valence-corrected chi connectivity index (χ0v) is 10.9. The highest BCUT2D eigenvalue weighted by Crippen LogP contribution is 2.20. The van der Waals surface area contributed by atoms with E-state index in [1.165, 1.54) is 0 Å². The van der Waals surface area contributed by atoms with Crippen LogP contribution in [0.25, 0.3) is 0 Å². The first-order valence-electron chi connectivity index (χ1n) is 5.95. The van der Waals surface area contributed by atoms with Gasteiger partial charge in [0.15, 0.2) is 0 Å². The molecule has 0 aliphatic heterocycles. The quantitative estimate of drug-likeness (QED) is 0.895. The van der Waals surface area contributed by atoms with Crippen molar-refractivity contribution in [2.45, 2.75) is 13.0 Å². The summed E-state index contributed by atoms with van der Waals surface area (Å²) >= 11 is 5.94. The van der Waals surface area contributed by atoms with E-state index in [2.05, 4.69) is 0 Å². The molecule has 2 nitrogen and oxygen atoms in total. The van der Waals surface area contributed by atoms with Crippen LogP contribution in [0.2, 0.25) is 5.02 Å². The summed E-state index contributed by atoms with van der Waals surface area (Å²) < 4.78 is 5.82. The molecule has 0 amide bonds. The summed E-state index contributed by atoms with van der Waals surface area (Å²) in [5, 5.41) is 0.728. The van der Waals surface area contributed by atoms with Crippen molar-refractivity contribution >= 4 is 11.6 Å². The minimum absolute atomic E-state index is 0.516. The Labute approximate surface area is 112 Å². The van der Waals surface area contributed by atoms with Gasteiger partial charge in [0.1, 0.15) is 12.4 Å². The lowest BCUT2D eigenvalue weighted by Gasteiger charge is -2.11. The second-order valence-electron chi connectivity index (χ2n) is 4.06. The van der Waals surface area contributed by atoms with E-state index in [1.54, 1.807) is 0 Å². The maximum Gasteiger partial charge on any atom is 0.123 e. The minimum Gasteiger partial charge on any atom is -0.489 e. The molecule has 0 unspecified atom stereocenters. The van der Waals surface area contributed by atoms with Gasteiger partial charge in [-0.15, -0.1) is 0 Å². The van der Waals surface area contributed by atoms with Crippen LogP contribution in [0, 0.1) is 0 Å². The van der Waals surface area contributed by atoms with E-state index in [1.807, 2.05) is 48.5 Å². The third-order valence-corrected chi connectivity index (χ3v) is 2.90. The standard InChI is InChI=1S/C15H16ClNO/c16-14-6-3-4-12(10-14)11-18-15-7-2-1-5-13(15)8-9-17/h1-7,10H,8-9,11,17H2. The van der Waals surface area contributed by atoms with Gasteiger partial charge in [0.2, 0.25) is 0 Å². The number of ether oxygens (including phenoxy) is 1. The van der Waals surface area contributed by atoms with Crippen LogP contribution in [-0.2, 0) is 13.0 Å². The van der Waals surface area contributed by atoms with Crippen LogP contribution in [0.3, 0.4) is 0 Å². The van der Waals surface area contributed by atoms with E-state index in [-0.39, 0.29) is 0 Å². The summed E-state index contributed by atoms with van der Waals surface area (Å²) in [6.07, 6.45) is 0.825. The Bertz CT molecular complexity index is 513. The molecular formula is C15H16ClNO. The minimum atomic E-state index is 0.516. The average Bonchev–Trinajstić information content (AvgIpc) is 2.38. The predicted molar refractivity (Wildman–Crippen MR) is 75.0 cm³/mol. The lowest BCUT2D eigenvalue weighted by Crippen LogP contribution is -2.05. The van der Waals surface area contributed by atoms with Crippen LogP contribution in [-0.4, -0.2) is 6.54 Å². The van der Waals surface area contributed by atoms with Gasteiger partial charge in [-0.05, 0) is 42.3 Å². The maximum atomic E-state index is 5.94. The molecule has 0 aliphatic rings. The van der Waals surface area contributed by atoms with Crippen molar-refractivity contribution in [2.24, 2.45) is 5.73 Å². The molecule has 2 N–H and O–H groups in total. The number of halogens is 1. The number of hydrogen-bond acceptors (Lipinski definition) is 2. The highest BCUT2D eigenvalue weighted by Gasteiger charge is 2.02. The molecule has 0 saturated carbocycles. The average molecular weight is 262 g/mol. The molecule has 0 radical (unpaired) electrons. The van der Waals surface area contributed by atoms with Crippen molar-refractivity contribution in [1.82, 2.24) is 0 Å². The Morgan fingerprint density at radius 2 is 1.89 bits per heavy atom. The van der Waals surface area contributed by atoms with Gasteiger partial charge >= 0.3 is 0 Å². The summed E-state index contributed by atoms with van der Waals surface area (Å²) in [7, 11) is 0. The van der Waals surface area contributed by atoms with E-state index in [4.69, 9.17) is 22.1 Å². The van der Waals surface area contributed by atoms with Crippen LogP contribution in [0.1, 0.15) is 11.1 Å². The van der Waals surface area contributed by atoms with Gasteiger partial charge in [0.05, 0.1) is 0 Å². The summed E-state index contributed by atoms with van der Waals surface area (Å²) in [4.78, 5) is 0. The molecule has 2 aromatic rings. The second kappa shape index (κ2) is 6.43. The van der Waals surface area contributed by atoms with Gasteiger partial charge in [-0.25, -0.2) is 0 Å². The molecule has 0 heterocycles. The van der Waals surface area contributed by atoms with Crippen molar-refractivity contribution < 1.29 is 4.74 Å². The van der Waals surface area contributed by atoms with E-state index in [9.17, 15) is 0 Å². The zero-order chi connectivity index (χ0) is 12.8. The van der Waals surface area contributed by atoms with Gasteiger partial charge in [-0.1, -0.05) is 41.9 Å². The monoisotopic (exact) mass is 261 g/mol. The number of nitrogens with two attached hydrogens (primary N) is 1. The molecule has 2 aromatic carbocycles. The van der Waals surface area contributed by atoms with Crippen LogP contribution in [0.15, 0.2) is 48.5 Å². The molecule has 0 bridgehead atoms. The van der Waals surface area contributed by atoms with Crippen molar-refractivity contribution in [1.29, 1.82) is 0 Å². The molecule has 0 saturated heterocycles. The fraction of sp³-hybridized carbons (Fsp3) is 0.200. The molecular weight excluding hydrogens is 246 g/mol. The molecule has 3 heteroatoms. The van der Waals surface area contributed by atoms with E-state index in [0.29, 0.717) is 13.2 Å². The van der Waals surface area contributed by atoms with E-state index >= 15 is 0 Å². The highest BCUT2D eigenvalue weighted by molar-refractivity contribution is 6.30. The fourth-order valence-corrected chi connectivity index (χ4v) is 2.01. The second-order valence-corrected chi connectivity index (χ2v) is 4.50. The number of para-hydroxylation sites is 1. The number of hydrogen-bond donors (Lipinski definition) is 1. The SMILES string of the molecule is NCCc1ccccc1OCc1cccc(Cl)c1. The molecule has 0 aliphatic carbocycles. The maximum absolute atomic E-state index is 5.94. The molecule has 0 aromatic heterocycles. The lowest BCUT2D eigenvalue weighted by molar-refractivity contribution is 0.303. The summed E-state index contributed by atoms with van der Waals surface area (Å²) in [5.41, 5.74) is 7.78. The first-order chi connectivity index (χ1) is 8.79. The topological polar surface area (TPSA) is 35.2 Å². The Balaban J connectivity index is 2.06. The Hall–Kier alpha value is -1.51. The fourth-order valence-electron chi connectivity index (χ4n) is 1.79. The summed E-state index contributed by atoms with van der Waals surface area (Å²) in [6.45, 7) is 1.14. The van der Waals surface area contributed by atoms with Crippen molar-refractivity contribution in [3.05, 3.63) is 64.7 Å². The zero-order valence-electron chi connectivity index (χ0n) is 10.1. The van der Waals surface area contributed by atoms with E-state index < -0.39 is 0 Å². The van der Waals surface area contributed by atoms with Crippen LogP contribution in [0.4, 0.5) is 0 Å². The van der Waals surface area contributed by atoms with Gasteiger partial charge in [0, 0.05) is 5.02 Å². The lowest BCUT2D eigenvalue weighted by atomic mass is 10.1. The van der Waals surface area contributed by atoms with Gasteiger partial charge in [-0.2, -0.15) is 0 Å². The van der Waals surface area contributed by atoms with E-state index in [0.717, 1.165) is 28.3 Å². The molecule has 18 heavy (non-hydrogen) atoms. The van der Waals surface area contributed by atoms with Crippen molar-refractivity contribution in [2.75, 3.05) is 6.54 Å². The Morgan fingerprint density at radius 1 is 1.06 bits per heavy atom. The first-order valence-corrected chi connectivity index (χ1v) is 6.32. The van der Waals surface area contributed by atoms with Crippen molar-refractivity contribution in [3.63, 3.8) is 0 Å².